The molecular weight excluding hydrogens is 451 g/mol. The lowest BCUT2D eigenvalue weighted by molar-refractivity contribution is 0.00578. The molecule has 3 heteroatoms. The first-order chi connectivity index (χ1) is 17.8. The molecule has 0 bridgehead atoms. The SMILES string of the molecule is CC1(C)OB(c2cc(-c3ccc(-c4cccc5ccccc45)cc3)ccc2-c2ccccc2)OC1(C)C. The molecule has 5 aromatic rings. The van der Waals surface area contributed by atoms with Gasteiger partial charge in [-0.3, -0.25) is 0 Å². The summed E-state index contributed by atoms with van der Waals surface area (Å²) in [7, 11) is -0.435. The summed E-state index contributed by atoms with van der Waals surface area (Å²) < 4.78 is 13.0. The predicted molar refractivity (Wildman–Crippen MR) is 156 cm³/mol. The van der Waals surface area contributed by atoms with Gasteiger partial charge in [0.15, 0.2) is 0 Å². The summed E-state index contributed by atoms with van der Waals surface area (Å²) in [5, 5.41) is 2.53. The van der Waals surface area contributed by atoms with Crippen molar-refractivity contribution in [1.82, 2.24) is 0 Å². The summed E-state index contributed by atoms with van der Waals surface area (Å²) in [5.41, 5.74) is 7.33. The van der Waals surface area contributed by atoms with Crippen LogP contribution in [0.15, 0.2) is 115 Å². The molecule has 37 heavy (non-hydrogen) atoms. The average Bonchev–Trinajstić information content (AvgIpc) is 3.15. The molecule has 0 spiro atoms. The van der Waals surface area contributed by atoms with Crippen LogP contribution in [-0.4, -0.2) is 18.3 Å². The molecule has 0 N–H and O–H groups in total. The Kier molecular flexibility index (Phi) is 5.79. The summed E-state index contributed by atoms with van der Waals surface area (Å²) in [5.74, 6) is 0. The van der Waals surface area contributed by atoms with Crippen LogP contribution in [0.25, 0.3) is 44.2 Å². The Hall–Kier alpha value is -3.66. The van der Waals surface area contributed by atoms with E-state index in [4.69, 9.17) is 9.31 Å². The molecule has 1 fully saturated rings. The largest absolute Gasteiger partial charge is 0.495 e. The fraction of sp³-hybridized carbons (Fsp3) is 0.176. The fourth-order valence-electron chi connectivity index (χ4n) is 5.11. The van der Waals surface area contributed by atoms with Crippen LogP contribution in [-0.2, 0) is 9.31 Å². The molecule has 0 atom stereocenters. The summed E-state index contributed by atoms with van der Waals surface area (Å²) in [6.07, 6.45) is 0. The molecule has 0 aromatic heterocycles. The average molecular weight is 482 g/mol. The van der Waals surface area contributed by atoms with Gasteiger partial charge in [0.2, 0.25) is 0 Å². The van der Waals surface area contributed by atoms with E-state index < -0.39 is 18.3 Å². The third-order valence-corrected chi connectivity index (χ3v) is 7.96. The highest BCUT2D eigenvalue weighted by atomic mass is 16.7. The molecule has 0 amide bonds. The van der Waals surface area contributed by atoms with Gasteiger partial charge in [0.05, 0.1) is 11.2 Å². The van der Waals surface area contributed by atoms with E-state index in [-0.39, 0.29) is 0 Å². The van der Waals surface area contributed by atoms with Crippen LogP contribution in [0.5, 0.6) is 0 Å². The van der Waals surface area contributed by atoms with E-state index in [1.54, 1.807) is 0 Å². The van der Waals surface area contributed by atoms with Crippen LogP contribution < -0.4 is 5.46 Å². The third-order valence-electron chi connectivity index (χ3n) is 7.96. The van der Waals surface area contributed by atoms with Crippen molar-refractivity contribution in [3.63, 3.8) is 0 Å². The van der Waals surface area contributed by atoms with Gasteiger partial charge in [-0.15, -0.1) is 0 Å². The van der Waals surface area contributed by atoms with Crippen LogP contribution in [0.3, 0.4) is 0 Å². The maximum atomic E-state index is 6.50. The first-order valence-electron chi connectivity index (χ1n) is 13.0. The Morgan fingerprint density at radius 1 is 0.486 bits per heavy atom. The minimum Gasteiger partial charge on any atom is -0.399 e. The Bertz CT molecular complexity index is 1550. The molecule has 1 aliphatic rings. The number of rotatable bonds is 4. The van der Waals surface area contributed by atoms with Crippen LogP contribution in [0, 0.1) is 0 Å². The lowest BCUT2D eigenvalue weighted by Gasteiger charge is -2.32. The van der Waals surface area contributed by atoms with Crippen molar-refractivity contribution in [1.29, 1.82) is 0 Å². The quantitative estimate of drug-likeness (QED) is 0.241. The highest BCUT2D eigenvalue weighted by molar-refractivity contribution is 6.64. The zero-order valence-corrected chi connectivity index (χ0v) is 21.9. The first-order valence-corrected chi connectivity index (χ1v) is 13.0. The smallest absolute Gasteiger partial charge is 0.399 e. The standard InChI is InChI=1S/C34H31BO2/c1-33(2)34(3,4)37-35(36-33)32-23-28(21-22-31(32)26-11-6-5-7-12-26)24-17-19-27(20-18-24)30-16-10-14-25-13-8-9-15-29(25)30/h5-23H,1-4H3. The van der Waals surface area contributed by atoms with Crippen molar-refractivity contribution in [3.05, 3.63) is 115 Å². The Morgan fingerprint density at radius 2 is 1.05 bits per heavy atom. The topological polar surface area (TPSA) is 18.5 Å². The maximum Gasteiger partial charge on any atom is 0.495 e. The van der Waals surface area contributed by atoms with E-state index >= 15 is 0 Å². The van der Waals surface area contributed by atoms with Gasteiger partial charge in [0.25, 0.3) is 0 Å². The lowest BCUT2D eigenvalue weighted by atomic mass is 9.73. The Labute approximate surface area is 220 Å². The van der Waals surface area contributed by atoms with Crippen molar-refractivity contribution in [3.8, 4) is 33.4 Å². The van der Waals surface area contributed by atoms with Crippen molar-refractivity contribution in [2.75, 3.05) is 0 Å². The van der Waals surface area contributed by atoms with Gasteiger partial charge in [-0.2, -0.15) is 0 Å². The predicted octanol–water partition coefficient (Wildman–Crippen LogP) is 8.14. The highest BCUT2D eigenvalue weighted by Gasteiger charge is 2.52. The molecule has 182 valence electrons. The summed E-state index contributed by atoms with van der Waals surface area (Å²) >= 11 is 0. The molecule has 1 aliphatic heterocycles. The molecule has 0 unspecified atom stereocenters. The molecule has 0 aliphatic carbocycles. The first kappa shape index (κ1) is 23.7. The van der Waals surface area contributed by atoms with Gasteiger partial charge in [-0.25, -0.2) is 0 Å². The van der Waals surface area contributed by atoms with E-state index in [1.165, 1.54) is 27.5 Å². The van der Waals surface area contributed by atoms with Crippen molar-refractivity contribution < 1.29 is 9.31 Å². The minimum atomic E-state index is -0.435. The second kappa shape index (κ2) is 9.02. The number of fused-ring (bicyclic) bond motifs is 1. The molecule has 1 saturated heterocycles. The number of hydrogen-bond donors (Lipinski definition) is 0. The van der Waals surface area contributed by atoms with Crippen LogP contribution in [0.1, 0.15) is 27.7 Å². The van der Waals surface area contributed by atoms with Crippen LogP contribution >= 0.6 is 0 Å². The maximum absolute atomic E-state index is 6.50. The molecule has 5 aromatic carbocycles. The molecular formula is C34H31BO2. The van der Waals surface area contributed by atoms with E-state index in [9.17, 15) is 0 Å². The summed E-state index contributed by atoms with van der Waals surface area (Å²) in [6.45, 7) is 8.41. The fourth-order valence-corrected chi connectivity index (χ4v) is 5.11. The Morgan fingerprint density at radius 3 is 1.78 bits per heavy atom. The van der Waals surface area contributed by atoms with Gasteiger partial charge in [0.1, 0.15) is 0 Å². The summed E-state index contributed by atoms with van der Waals surface area (Å²) in [6, 6.07) is 41.0. The van der Waals surface area contributed by atoms with Gasteiger partial charge in [-0.1, -0.05) is 115 Å². The third kappa shape index (κ3) is 4.29. The van der Waals surface area contributed by atoms with E-state index in [0.29, 0.717) is 0 Å². The highest BCUT2D eigenvalue weighted by Crippen LogP contribution is 2.38. The molecule has 6 rings (SSSR count). The molecule has 2 nitrogen and oxygen atoms in total. The zero-order valence-electron chi connectivity index (χ0n) is 21.9. The second-order valence-electron chi connectivity index (χ2n) is 10.9. The van der Waals surface area contributed by atoms with E-state index in [0.717, 1.165) is 22.2 Å². The van der Waals surface area contributed by atoms with Crippen molar-refractivity contribution >= 4 is 23.4 Å². The van der Waals surface area contributed by atoms with Gasteiger partial charge < -0.3 is 9.31 Å². The summed E-state index contributed by atoms with van der Waals surface area (Å²) in [4.78, 5) is 0. The molecule has 0 radical (unpaired) electrons. The van der Waals surface area contributed by atoms with Crippen molar-refractivity contribution in [2.45, 2.75) is 38.9 Å². The van der Waals surface area contributed by atoms with Crippen molar-refractivity contribution in [2.24, 2.45) is 0 Å². The zero-order chi connectivity index (χ0) is 25.6. The van der Waals surface area contributed by atoms with Gasteiger partial charge >= 0.3 is 7.12 Å². The normalized spacial score (nSPS) is 16.3. The van der Waals surface area contributed by atoms with Crippen LogP contribution in [0.4, 0.5) is 0 Å². The molecule has 1 heterocycles. The minimum absolute atomic E-state index is 0.401. The van der Waals surface area contributed by atoms with Crippen LogP contribution in [0.2, 0.25) is 0 Å². The van der Waals surface area contributed by atoms with Gasteiger partial charge in [-0.05, 0) is 77.3 Å². The molecule has 0 saturated carbocycles. The van der Waals surface area contributed by atoms with E-state index in [2.05, 4.69) is 137 Å². The monoisotopic (exact) mass is 482 g/mol. The van der Waals surface area contributed by atoms with E-state index in [1.807, 2.05) is 6.07 Å². The lowest BCUT2D eigenvalue weighted by Crippen LogP contribution is -2.41. The Balaban J connectivity index is 1.41. The number of benzene rings is 5. The number of hydrogen-bond acceptors (Lipinski definition) is 2. The van der Waals surface area contributed by atoms with Gasteiger partial charge in [0, 0.05) is 0 Å². The second-order valence-corrected chi connectivity index (χ2v) is 10.9.